The molecular weight excluding hydrogens is 235 g/mol. The molecule has 1 heterocycles. The van der Waals surface area contributed by atoms with Crippen LogP contribution in [-0.4, -0.2) is 21.7 Å². The molecule has 0 spiro atoms. The third-order valence-electron chi connectivity index (χ3n) is 2.56. The average molecular weight is 253 g/mol. The second-order valence-corrected chi connectivity index (χ2v) is 4.54. The van der Waals surface area contributed by atoms with Crippen LogP contribution in [0.2, 0.25) is 0 Å². The van der Waals surface area contributed by atoms with Crippen LogP contribution in [0.4, 0.5) is 0 Å². The highest BCUT2D eigenvalue weighted by Crippen LogP contribution is 2.20. The van der Waals surface area contributed by atoms with Gasteiger partial charge in [0.15, 0.2) is 0 Å². The van der Waals surface area contributed by atoms with E-state index in [1.807, 2.05) is 13.8 Å². The molecule has 1 N–H and O–H groups in total. The van der Waals surface area contributed by atoms with Gasteiger partial charge in [-0.25, -0.2) is 9.79 Å². The van der Waals surface area contributed by atoms with Crippen LogP contribution < -0.4 is 17.4 Å². The van der Waals surface area contributed by atoms with Gasteiger partial charge in [-0.05, 0) is 20.3 Å². The average Bonchev–Trinajstić information content (AvgIpc) is 2.31. The lowest BCUT2D eigenvalue weighted by atomic mass is 10.1. The Hall–Kier alpha value is -0.280. The predicted octanol–water partition coefficient (Wildman–Crippen LogP) is -2.18. The Kier molecular flexibility index (Phi) is 5.60. The maximum atomic E-state index is 11.5. The van der Waals surface area contributed by atoms with Gasteiger partial charge >= 0.3 is 5.91 Å². The van der Waals surface area contributed by atoms with E-state index in [1.165, 1.54) is 17.3 Å². The first kappa shape index (κ1) is 14.7. The molecule has 0 aromatic carbocycles. The minimum atomic E-state index is -0.608. The van der Waals surface area contributed by atoms with Crippen molar-refractivity contribution in [2.45, 2.75) is 52.0 Å². The van der Waals surface area contributed by atoms with E-state index in [0.717, 1.165) is 18.7 Å². The highest BCUT2D eigenvalue weighted by atomic mass is 35.5. The Labute approximate surface area is 102 Å². The number of rotatable bonds is 4. The summed E-state index contributed by atoms with van der Waals surface area (Å²) in [6, 6.07) is 0. The van der Waals surface area contributed by atoms with Gasteiger partial charge in [0.05, 0.1) is 6.42 Å². The van der Waals surface area contributed by atoms with Crippen molar-refractivity contribution in [1.82, 2.24) is 4.42 Å². The molecule has 0 aromatic rings. The molecule has 1 aliphatic heterocycles. The molecule has 0 saturated carbocycles. The summed E-state index contributed by atoms with van der Waals surface area (Å²) < 4.78 is 1.53. The van der Waals surface area contributed by atoms with Crippen molar-refractivity contribution in [2.75, 3.05) is 0 Å². The molecule has 0 atom stereocenters. The van der Waals surface area contributed by atoms with E-state index in [2.05, 4.69) is 11.9 Å². The number of hydrogen-bond donors (Lipinski definition) is 1. The SMILES string of the molecule is CCCCCC1=[NH+]C(=O)C(C)(C)N1Cl.[Cl-]. The van der Waals surface area contributed by atoms with Gasteiger partial charge in [-0.15, -0.1) is 4.42 Å². The molecule has 1 amide bonds. The lowest BCUT2D eigenvalue weighted by Crippen LogP contribution is -3.00. The lowest BCUT2D eigenvalue weighted by Gasteiger charge is -2.15. The van der Waals surface area contributed by atoms with Gasteiger partial charge in [-0.3, -0.25) is 0 Å². The summed E-state index contributed by atoms with van der Waals surface area (Å²) in [5.41, 5.74) is -0.608. The van der Waals surface area contributed by atoms with Gasteiger partial charge < -0.3 is 12.4 Å². The van der Waals surface area contributed by atoms with Crippen LogP contribution in [-0.2, 0) is 4.79 Å². The summed E-state index contributed by atoms with van der Waals surface area (Å²) in [5.74, 6) is 0.828. The zero-order valence-corrected chi connectivity index (χ0v) is 11.0. The van der Waals surface area contributed by atoms with Crippen LogP contribution in [0.25, 0.3) is 0 Å². The maximum Gasteiger partial charge on any atom is 0.356 e. The standard InChI is InChI=1S/C10H17ClN2O.ClH/c1-4-5-6-7-8-12-9(14)10(2,3)13(8)11;/h4-7H2,1-3H3;1H. The molecular formula is C10H18Cl2N2O. The van der Waals surface area contributed by atoms with Gasteiger partial charge in [-0.1, -0.05) is 19.8 Å². The molecule has 1 aliphatic rings. The second-order valence-electron chi connectivity index (χ2n) is 4.20. The molecule has 0 bridgehead atoms. The molecule has 0 aromatic heterocycles. The number of amides is 1. The number of carbonyl (C=O) groups excluding carboxylic acids is 1. The number of hydrogen-bond acceptors (Lipinski definition) is 2. The first-order valence-corrected chi connectivity index (χ1v) is 5.47. The first-order chi connectivity index (χ1) is 6.50. The topological polar surface area (TPSA) is 34.3 Å². The van der Waals surface area contributed by atoms with Gasteiger partial charge in [0.1, 0.15) is 11.8 Å². The molecule has 1 rings (SSSR count). The van der Waals surface area contributed by atoms with Crippen molar-refractivity contribution in [2.24, 2.45) is 0 Å². The minimum Gasteiger partial charge on any atom is -1.00 e. The minimum absolute atomic E-state index is 0. The quantitative estimate of drug-likeness (QED) is 0.457. The second kappa shape index (κ2) is 5.71. The van der Waals surface area contributed by atoms with Crippen LogP contribution in [0, 0.1) is 0 Å². The fourth-order valence-corrected chi connectivity index (χ4v) is 1.67. The van der Waals surface area contributed by atoms with Crippen molar-refractivity contribution < 1.29 is 22.2 Å². The number of carbonyl (C=O) groups is 1. The fraction of sp³-hybridized carbons (Fsp3) is 0.800. The summed E-state index contributed by atoms with van der Waals surface area (Å²) in [6.45, 7) is 5.80. The van der Waals surface area contributed by atoms with Crippen molar-refractivity contribution in [3.05, 3.63) is 0 Å². The van der Waals surface area contributed by atoms with Crippen molar-refractivity contribution in [3.8, 4) is 0 Å². The number of unbranched alkanes of at least 4 members (excludes halogenated alkanes) is 2. The normalized spacial score (nSPS) is 18.8. The van der Waals surface area contributed by atoms with E-state index in [1.54, 1.807) is 0 Å². The largest absolute Gasteiger partial charge is 1.00 e. The van der Waals surface area contributed by atoms with Crippen molar-refractivity contribution in [3.63, 3.8) is 0 Å². The van der Waals surface area contributed by atoms with Crippen molar-refractivity contribution >= 4 is 23.5 Å². The Morgan fingerprint density at radius 3 is 2.40 bits per heavy atom. The Bertz CT molecular complexity index is 264. The third kappa shape index (κ3) is 3.08. The summed E-state index contributed by atoms with van der Waals surface area (Å²) in [6.07, 6.45) is 4.27. The van der Waals surface area contributed by atoms with Crippen LogP contribution >= 0.6 is 11.8 Å². The lowest BCUT2D eigenvalue weighted by molar-refractivity contribution is -0.375. The highest BCUT2D eigenvalue weighted by molar-refractivity contribution is 6.24. The van der Waals surface area contributed by atoms with Crippen LogP contribution in [0.15, 0.2) is 0 Å². The molecule has 88 valence electrons. The van der Waals surface area contributed by atoms with Crippen LogP contribution in [0.3, 0.4) is 0 Å². The summed E-state index contributed by atoms with van der Waals surface area (Å²) in [4.78, 5) is 14.3. The molecule has 15 heavy (non-hydrogen) atoms. The van der Waals surface area contributed by atoms with E-state index >= 15 is 0 Å². The number of amidine groups is 1. The van der Waals surface area contributed by atoms with Crippen LogP contribution in [0.1, 0.15) is 46.5 Å². The van der Waals surface area contributed by atoms with E-state index < -0.39 is 5.54 Å². The van der Waals surface area contributed by atoms with Gasteiger partial charge in [-0.2, -0.15) is 0 Å². The van der Waals surface area contributed by atoms with Gasteiger partial charge in [0, 0.05) is 0 Å². The smallest absolute Gasteiger partial charge is 0.356 e. The monoisotopic (exact) mass is 252 g/mol. The van der Waals surface area contributed by atoms with Crippen LogP contribution in [0.5, 0.6) is 0 Å². The molecule has 0 unspecified atom stereocenters. The third-order valence-corrected chi connectivity index (χ3v) is 3.19. The number of nitrogens with one attached hydrogen (secondary N) is 1. The first-order valence-electron chi connectivity index (χ1n) is 5.13. The summed E-state index contributed by atoms with van der Waals surface area (Å²) in [5, 5.41) is 0. The Morgan fingerprint density at radius 1 is 1.40 bits per heavy atom. The zero-order valence-electron chi connectivity index (χ0n) is 9.44. The van der Waals surface area contributed by atoms with Gasteiger partial charge in [0.25, 0.3) is 5.84 Å². The maximum absolute atomic E-state index is 11.5. The highest BCUT2D eigenvalue weighted by Gasteiger charge is 2.49. The molecule has 0 aliphatic carbocycles. The molecule has 0 radical (unpaired) electrons. The van der Waals surface area contributed by atoms with E-state index in [9.17, 15) is 4.79 Å². The molecule has 0 saturated heterocycles. The molecule has 3 nitrogen and oxygen atoms in total. The number of halogens is 2. The van der Waals surface area contributed by atoms with E-state index in [4.69, 9.17) is 11.8 Å². The summed E-state index contributed by atoms with van der Waals surface area (Å²) in [7, 11) is 0. The zero-order chi connectivity index (χ0) is 10.8. The summed E-state index contributed by atoms with van der Waals surface area (Å²) >= 11 is 6.06. The molecule has 0 fully saturated rings. The van der Waals surface area contributed by atoms with E-state index in [0.29, 0.717) is 0 Å². The molecule has 5 heteroatoms. The van der Waals surface area contributed by atoms with E-state index in [-0.39, 0.29) is 18.3 Å². The Morgan fingerprint density at radius 2 is 2.00 bits per heavy atom. The predicted molar refractivity (Wildman–Crippen MR) is 56.9 cm³/mol. The number of nitrogens with zero attached hydrogens (tertiary/aromatic N) is 1. The van der Waals surface area contributed by atoms with Gasteiger partial charge in [0.2, 0.25) is 5.54 Å². The fourth-order valence-electron chi connectivity index (χ4n) is 1.46. The van der Waals surface area contributed by atoms with Crippen molar-refractivity contribution in [1.29, 1.82) is 0 Å². The Balaban J connectivity index is 0.00000196.